The summed E-state index contributed by atoms with van der Waals surface area (Å²) in [6.45, 7) is 12.7. The molecule has 0 fully saturated rings. The lowest BCUT2D eigenvalue weighted by atomic mass is 9.63. The van der Waals surface area contributed by atoms with Gasteiger partial charge < -0.3 is 61.9 Å². The van der Waals surface area contributed by atoms with Crippen LogP contribution in [0.3, 0.4) is 0 Å². The Morgan fingerprint density at radius 1 is 0.550 bits per heavy atom. The standard InChI is InChI=1S/C78H89N7O12S.C10H13NO2/c1-48(2)68(74(93)97-77(6,7)8)85(71(89)64(37-23-35-61(79)73(92)96-76(3,4)5)82-70(88)65(45-50-46-81-63-36-21-20-30-55(50)63)83-69(87)62(80)44-49-38-40-54(86)41-39-49)84(66(42-43-98)72(90)91)75(94)95-47-59-56-31-18-19-32-57(56)67-58(59)33-22-34-60(67)78(51-24-12-9-13-25-51,52-26-14-10-15-27-52)53-28-16-11-17-29-53;1-11-9(10(12)13)7-8-5-3-2-4-6-8/h9-22,24-34,36,38-41,46,48,59,61-62,64-66,68,81,86,98H,23,35,37,42-45,47,79-80H2,1-8H3,(H,82,88)(H,83,87)(H,90,91);2-6,9,11H,7H2,1H3,(H,12,13)/t59?,61?,62-,64-,65+,66-,68-;9-/m00/s1. The number of carbonyl (C=O) groups excluding carboxylic acids is 6. The minimum absolute atomic E-state index is 0.00398. The number of aliphatic carboxylic acids is 2. The van der Waals surface area contributed by atoms with E-state index < -0.39 is 125 Å². The first-order valence-corrected chi connectivity index (χ1v) is 38.0. The van der Waals surface area contributed by atoms with Crippen LogP contribution in [0.5, 0.6) is 5.75 Å². The van der Waals surface area contributed by atoms with E-state index >= 15 is 19.2 Å². The van der Waals surface area contributed by atoms with E-state index in [9.17, 15) is 29.4 Å². The zero-order valence-electron chi connectivity index (χ0n) is 64.2. The van der Waals surface area contributed by atoms with Gasteiger partial charge >= 0.3 is 30.0 Å². The average Bonchev–Trinajstić information content (AvgIpc) is 1.64. The molecule has 0 bridgehead atoms. The number of aromatic nitrogens is 1. The first kappa shape index (κ1) is 83.9. The number of hydrogen-bond acceptors (Lipinski definition) is 16. The van der Waals surface area contributed by atoms with E-state index in [1.165, 1.54) is 12.1 Å². The molecule has 1 heterocycles. The number of aromatic hydroxyl groups is 1. The topological polar surface area (TPSA) is 335 Å². The molecule has 1 aromatic heterocycles. The number of hydrogen-bond donors (Lipinski definition) is 10. The highest BCUT2D eigenvalue weighted by atomic mass is 32.1. The van der Waals surface area contributed by atoms with Crippen LogP contribution >= 0.6 is 12.6 Å². The van der Waals surface area contributed by atoms with Gasteiger partial charge in [-0.1, -0.05) is 208 Å². The van der Waals surface area contributed by atoms with E-state index in [2.05, 4.69) is 76.0 Å². The number of amides is 4. The Balaban J connectivity index is 0.000000986. The molecule has 2 unspecified atom stereocenters. The summed E-state index contributed by atoms with van der Waals surface area (Å²) in [6.07, 6.45) is -0.184. The van der Waals surface area contributed by atoms with Crippen LogP contribution in [0.15, 0.2) is 219 Å². The number of esters is 2. The van der Waals surface area contributed by atoms with Crippen molar-refractivity contribution < 1.29 is 67.9 Å². The molecule has 584 valence electrons. The molecule has 22 nitrogen and oxygen atoms in total. The molecule has 9 aromatic rings. The zero-order valence-corrected chi connectivity index (χ0v) is 65.1. The second-order valence-electron chi connectivity index (χ2n) is 30.1. The van der Waals surface area contributed by atoms with Crippen molar-refractivity contribution in [3.05, 3.63) is 269 Å². The number of nitrogens with one attached hydrogen (secondary N) is 4. The number of nitrogens with two attached hydrogens (primary N) is 2. The molecular weight excluding hydrogens is 1430 g/mol. The Kier molecular flexibility index (Phi) is 28.7. The van der Waals surface area contributed by atoms with E-state index in [4.69, 9.17) is 30.8 Å². The third kappa shape index (κ3) is 21.1. The van der Waals surface area contributed by atoms with Gasteiger partial charge in [-0.15, -0.1) is 0 Å². The van der Waals surface area contributed by atoms with Crippen LogP contribution in [0.25, 0.3) is 22.0 Å². The smallest absolute Gasteiger partial charge is 0.429 e. The lowest BCUT2D eigenvalue weighted by Crippen LogP contribution is -2.67. The summed E-state index contributed by atoms with van der Waals surface area (Å²) in [5, 5.41) is 40.7. The summed E-state index contributed by atoms with van der Waals surface area (Å²) in [5.74, 6) is -8.75. The summed E-state index contributed by atoms with van der Waals surface area (Å²) in [4.78, 5) is 119. The molecule has 111 heavy (non-hydrogen) atoms. The van der Waals surface area contributed by atoms with Gasteiger partial charge in [-0.25, -0.2) is 24.4 Å². The Hall–Kier alpha value is -11.1. The number of H-pyrrole nitrogens is 1. The lowest BCUT2D eigenvalue weighted by Gasteiger charge is -2.44. The van der Waals surface area contributed by atoms with E-state index in [0.717, 1.165) is 66.0 Å². The van der Waals surface area contributed by atoms with Crippen molar-refractivity contribution in [2.45, 2.75) is 165 Å². The largest absolute Gasteiger partial charge is 0.508 e. The third-order valence-electron chi connectivity index (χ3n) is 19.4. The van der Waals surface area contributed by atoms with E-state index in [-0.39, 0.29) is 50.0 Å². The molecule has 0 radical (unpaired) electrons. The summed E-state index contributed by atoms with van der Waals surface area (Å²) < 4.78 is 18.2. The normalized spacial score (nSPS) is 14.4. The summed E-state index contributed by atoms with van der Waals surface area (Å²) in [6, 6.07) is 57.7. The monoisotopic (exact) mass is 1530 g/mol. The molecular formula is C88H102N8O14S. The fraction of sp³-hybridized carbons (Fsp3) is 0.341. The Labute approximate surface area is 654 Å². The average molecular weight is 1530 g/mol. The predicted octanol–water partition coefficient (Wildman–Crippen LogP) is 12.2. The highest BCUT2D eigenvalue weighted by molar-refractivity contribution is 7.80. The number of benzene rings is 8. The molecule has 4 amide bonds. The second kappa shape index (κ2) is 38.0. The maximum atomic E-state index is 16.6. The number of thiol groups is 1. The Bertz CT molecular complexity index is 4550. The highest BCUT2D eigenvalue weighted by Gasteiger charge is 2.50. The zero-order chi connectivity index (χ0) is 80.3. The van der Waals surface area contributed by atoms with Crippen LogP contribution in [0.2, 0.25) is 0 Å². The second-order valence-corrected chi connectivity index (χ2v) is 30.5. The van der Waals surface area contributed by atoms with Gasteiger partial charge in [-0.2, -0.15) is 12.6 Å². The number of nitrogens with zero attached hydrogens (tertiary/aromatic N) is 2. The SMILES string of the molecule is CC(C)[C@@H](C(=O)OC(C)(C)C)N(C(=O)[C@H](CCCC(N)C(=O)OC(C)(C)C)NC(=O)[C@@H](Cc1c[nH]c2ccccc12)NC(=O)[C@@H](N)Cc1ccc(O)cc1)N(C(=O)OCC1c2ccccc2-c2c1cccc2C(c1ccccc1)(c1ccccc1)c1ccccc1)[C@@H](CCS)C(=O)O.CN[C@@H](Cc1ccccc1)C(=O)O. The molecule has 0 saturated heterocycles. The summed E-state index contributed by atoms with van der Waals surface area (Å²) in [7, 11) is 1.65. The van der Waals surface area contributed by atoms with Crippen molar-refractivity contribution >= 4 is 71.2 Å². The van der Waals surface area contributed by atoms with Crippen LogP contribution in [0.1, 0.15) is 137 Å². The van der Waals surface area contributed by atoms with Gasteiger partial charge in [-0.3, -0.25) is 24.0 Å². The number of para-hydroxylation sites is 1. The molecule has 1 aliphatic rings. The minimum Gasteiger partial charge on any atom is -0.508 e. The molecule has 0 saturated carbocycles. The highest BCUT2D eigenvalue weighted by Crippen LogP contribution is 2.54. The maximum absolute atomic E-state index is 16.6. The number of carboxylic acids is 2. The number of ether oxygens (including phenoxy) is 3. The van der Waals surface area contributed by atoms with Crippen molar-refractivity contribution in [2.75, 3.05) is 19.4 Å². The van der Waals surface area contributed by atoms with E-state index in [1.807, 2.05) is 146 Å². The van der Waals surface area contributed by atoms with Crippen LogP contribution < -0.4 is 27.4 Å². The Morgan fingerprint density at radius 3 is 1.64 bits per heavy atom. The van der Waals surface area contributed by atoms with E-state index in [1.54, 1.807) is 80.8 Å². The fourth-order valence-corrected chi connectivity index (χ4v) is 14.5. The lowest BCUT2D eigenvalue weighted by molar-refractivity contribution is -0.187. The molecule has 8 atom stereocenters. The number of fused-ring (bicyclic) bond motifs is 4. The number of carboxylic acid groups (broad SMARTS) is 2. The number of hydrazine groups is 1. The number of rotatable bonds is 31. The number of aromatic amines is 1. The minimum atomic E-state index is -1.95. The van der Waals surface area contributed by atoms with Crippen molar-refractivity contribution in [1.82, 2.24) is 31.0 Å². The first-order valence-electron chi connectivity index (χ1n) is 37.3. The van der Waals surface area contributed by atoms with Gasteiger partial charge in [0.05, 0.1) is 11.5 Å². The van der Waals surface area contributed by atoms with Crippen molar-refractivity contribution in [2.24, 2.45) is 17.4 Å². The number of likely N-dealkylation sites (N-methyl/N-ethyl adjacent to an activating group) is 1. The van der Waals surface area contributed by atoms with Gasteiger partial charge in [0.25, 0.3) is 5.91 Å². The predicted molar refractivity (Wildman–Crippen MR) is 430 cm³/mol. The molecule has 23 heteroatoms. The van der Waals surface area contributed by atoms with Crippen molar-refractivity contribution in [3.8, 4) is 16.9 Å². The van der Waals surface area contributed by atoms with Gasteiger partial charge in [0.15, 0.2) is 12.1 Å². The molecule has 11 N–H and O–H groups in total. The number of carbonyl (C=O) groups is 8. The molecule has 0 aliphatic heterocycles. The van der Waals surface area contributed by atoms with Crippen LogP contribution in [0.4, 0.5) is 4.79 Å². The van der Waals surface area contributed by atoms with E-state index in [0.29, 0.717) is 22.6 Å². The van der Waals surface area contributed by atoms with Gasteiger partial charge in [-0.05, 0) is 178 Å². The van der Waals surface area contributed by atoms with Gasteiger partial charge in [0.1, 0.15) is 47.7 Å². The quantitative estimate of drug-likeness (QED) is 0.00634. The number of phenols is 1. The molecule has 10 rings (SSSR count). The maximum Gasteiger partial charge on any atom is 0.429 e. The van der Waals surface area contributed by atoms with Crippen molar-refractivity contribution in [3.63, 3.8) is 0 Å². The fourth-order valence-electron chi connectivity index (χ4n) is 14.2. The molecule has 8 aromatic carbocycles. The van der Waals surface area contributed by atoms with Crippen LogP contribution in [-0.2, 0) is 72.4 Å². The first-order chi connectivity index (χ1) is 52.9. The van der Waals surface area contributed by atoms with Gasteiger partial charge in [0.2, 0.25) is 11.8 Å². The van der Waals surface area contributed by atoms with Gasteiger partial charge in [0, 0.05) is 29.4 Å². The number of phenolic OH excluding ortho intramolecular Hbond substituents is 1. The summed E-state index contributed by atoms with van der Waals surface area (Å²) in [5.41, 5.74) is 20.2. The van der Waals surface area contributed by atoms with Crippen LogP contribution in [-0.4, -0.2) is 151 Å². The third-order valence-corrected chi connectivity index (χ3v) is 19.6. The molecule has 0 spiro atoms. The summed E-state index contributed by atoms with van der Waals surface area (Å²) >= 11 is 4.47. The van der Waals surface area contributed by atoms with Crippen LogP contribution in [0, 0.1) is 5.92 Å². The van der Waals surface area contributed by atoms with Crippen molar-refractivity contribution in [1.29, 1.82) is 0 Å². The molecule has 1 aliphatic carbocycles. The Morgan fingerprint density at radius 2 is 1.08 bits per heavy atom.